The van der Waals surface area contributed by atoms with Gasteiger partial charge in [-0.25, -0.2) is 0 Å². The fourth-order valence-electron chi connectivity index (χ4n) is 13.0. The van der Waals surface area contributed by atoms with Gasteiger partial charge >= 0.3 is 0 Å². The minimum Gasteiger partial charge on any atom is -0.356 e. The third-order valence-electron chi connectivity index (χ3n) is 21.0. The summed E-state index contributed by atoms with van der Waals surface area (Å²) in [5.41, 5.74) is 0. The minimum absolute atomic E-state index is 0.0198. The Labute approximate surface area is 808 Å². The Bertz CT molecular complexity index is 3280. The summed E-state index contributed by atoms with van der Waals surface area (Å²) in [5.74, 6) is -2.87. The fraction of sp³-hybridized carbons (Fsp3) is 0.770. The molecule has 0 aromatic carbocycles. The molecule has 0 radical (unpaired) electrons. The Morgan fingerprint density at radius 2 is 0.363 bits per heavy atom. The highest BCUT2D eigenvalue weighted by Gasteiger charge is 2.18. The van der Waals surface area contributed by atoms with Gasteiger partial charge in [0.1, 0.15) is 28.9 Å². The van der Waals surface area contributed by atoms with Crippen LogP contribution in [0.2, 0.25) is 0 Å². The van der Waals surface area contributed by atoms with Crippen LogP contribution >= 0.6 is 0 Å². The van der Waals surface area contributed by atoms with Crippen LogP contribution in [0, 0.1) is 0 Å². The maximum absolute atomic E-state index is 11.9. The predicted molar refractivity (Wildman–Crippen MR) is 533 cm³/mol. The van der Waals surface area contributed by atoms with E-state index in [4.69, 9.17) is 0 Å². The first-order chi connectivity index (χ1) is 65.0. The Kier molecular flexibility index (Phi) is 99.7. The van der Waals surface area contributed by atoms with E-state index in [2.05, 4.69) is 85.1 Å². The highest BCUT2D eigenvalue weighted by Crippen LogP contribution is 2.09. The lowest BCUT2D eigenvalue weighted by Gasteiger charge is -2.07. The molecule has 0 spiro atoms. The van der Waals surface area contributed by atoms with Gasteiger partial charge in [0.2, 0.25) is 70.8 Å². The standard InChI is InChI=1S/C26H48N4O5.C26H46N4O4.2C24H44N4O5/c1-22(31)13-7-8-14-24(33)28-18-11-5-6-12-20-30-26(35)21-23(32)15-16-25(34)29-19-10-4-3-9-17-27-2;1-23(31)15-7-8-16-24(32)28-21-13-5-6-14-22-30-26(34)18-10-9-17-25(33)29-20-12-4-3-11-19-27-2;1-20(29)12-11-13-22(31)26-17-8-5-6-9-18-27-23(32)15-14-21(30)24(33)28-19-10-4-3-7-16-25-2;1-20(29)12-11-13-22(31)26-15-8-5-6-10-17-28-24(33)19-21(30)18-23(32)27-16-9-4-3-7-14-25-2/h27H,3-21H2,1-2H3,(H,28,33)(H,29,34)(H,30,35);9-10,17-18,27H,3-8,11-16,19-22H2,1-2H3,(H,28,32)(H,29,33)(H,30,34);2*25H,3-19H2,1-2H3,(H,26,31)(H,27,32)(H,28,33)/b;17-9+,18-10+;;. The highest BCUT2D eigenvalue weighted by molar-refractivity contribution is 6.36. The Balaban J connectivity index is -0.000000848. The van der Waals surface area contributed by atoms with Crippen LogP contribution in [0.15, 0.2) is 24.3 Å². The lowest BCUT2D eigenvalue weighted by atomic mass is 10.1. The van der Waals surface area contributed by atoms with Crippen LogP contribution in [0.25, 0.3) is 0 Å². The van der Waals surface area contributed by atoms with Gasteiger partial charge in [0.05, 0.1) is 19.3 Å². The largest absolute Gasteiger partial charge is 0.356 e. The molecule has 0 unspecified atom stereocenters. The fourth-order valence-corrected chi connectivity index (χ4v) is 13.0. The zero-order chi connectivity index (χ0) is 101. The maximum Gasteiger partial charge on any atom is 0.287 e. The summed E-state index contributed by atoms with van der Waals surface area (Å²) in [4.78, 5) is 220. The zero-order valence-electron chi connectivity index (χ0n) is 84.4. The van der Waals surface area contributed by atoms with Gasteiger partial charge < -0.3 is 104 Å². The van der Waals surface area contributed by atoms with E-state index in [1.165, 1.54) is 26.0 Å². The number of nitrogens with one attached hydrogen (secondary N) is 16. The summed E-state index contributed by atoms with van der Waals surface area (Å²) in [5, 5.41) is 45.9. The van der Waals surface area contributed by atoms with Crippen molar-refractivity contribution in [2.45, 2.75) is 368 Å². The van der Waals surface area contributed by atoms with Gasteiger partial charge in [-0.15, -0.1) is 0 Å². The molecular formula is C100H182N16O19. The molecule has 0 saturated carbocycles. The van der Waals surface area contributed by atoms with E-state index >= 15 is 0 Å². The van der Waals surface area contributed by atoms with Gasteiger partial charge in [0.25, 0.3) is 5.91 Å². The lowest BCUT2D eigenvalue weighted by Crippen LogP contribution is -2.33. The number of carbonyl (C=O) groups excluding carboxylic acids is 19. The van der Waals surface area contributed by atoms with Gasteiger partial charge in [-0.3, -0.25) is 71.9 Å². The average Bonchev–Trinajstić information content (AvgIpc) is 0.947. The zero-order valence-corrected chi connectivity index (χ0v) is 84.4. The summed E-state index contributed by atoms with van der Waals surface area (Å²) < 4.78 is 0. The summed E-state index contributed by atoms with van der Waals surface area (Å²) in [7, 11) is 7.72. The quantitative estimate of drug-likeness (QED) is 0.00887. The molecule has 0 aliphatic carbocycles. The average molecular weight is 1910 g/mol. The summed E-state index contributed by atoms with van der Waals surface area (Å²) >= 11 is 0. The van der Waals surface area contributed by atoms with E-state index in [-0.39, 0.29) is 145 Å². The second kappa shape index (κ2) is 102. The predicted octanol–water partition coefficient (Wildman–Crippen LogP) is 9.07. The molecule has 0 rings (SSSR count). The number of allylic oxidation sites excluding steroid dienone is 2. The molecule has 0 bridgehead atoms. The molecule has 16 N–H and O–H groups in total. The molecule has 0 aliphatic rings. The Morgan fingerprint density at radius 3 is 0.615 bits per heavy atom. The molecule has 0 atom stereocenters. The monoisotopic (exact) mass is 1910 g/mol. The SMILES string of the molecule is CNCCCCCCNC(=O)/C=C/C=C/C(=O)NCCCCCCNC(=O)CCCCC(C)=O.CNCCCCCCNC(=O)C(=O)CCC(=O)NCCCCCCNC(=O)CCCC(C)=O.CNCCCCCCNC(=O)CC(=O)CC(=O)NCCCCCCNC(=O)CCCC(C)=O.CNCCCCCCNC(=O)CCC(=O)CC(=O)NCCCCCCNC(=O)CCCCC(C)=O. The topological polar surface area (TPSA) is 517 Å². The number of ketones is 7. The van der Waals surface area contributed by atoms with Crippen molar-refractivity contribution in [1.29, 1.82) is 0 Å². The molecule has 135 heavy (non-hydrogen) atoms. The molecular weight excluding hydrogens is 1730 g/mol. The highest BCUT2D eigenvalue weighted by atomic mass is 16.2. The van der Waals surface area contributed by atoms with E-state index in [0.29, 0.717) is 143 Å². The second-order valence-electron chi connectivity index (χ2n) is 34.4. The number of Topliss-reactive ketones (excluding diaryl/α,β-unsaturated/α-hetero) is 7. The molecule has 776 valence electrons. The molecule has 0 aliphatic heterocycles. The summed E-state index contributed by atoms with van der Waals surface area (Å²) in [6, 6.07) is 0. The Morgan fingerprint density at radius 1 is 0.170 bits per heavy atom. The smallest absolute Gasteiger partial charge is 0.287 e. The molecule has 0 saturated heterocycles. The minimum atomic E-state index is -0.607. The van der Waals surface area contributed by atoms with Crippen molar-refractivity contribution in [3.05, 3.63) is 24.3 Å². The molecule has 35 nitrogen and oxygen atoms in total. The summed E-state index contributed by atoms with van der Waals surface area (Å²) in [6.45, 7) is 17.2. The third-order valence-corrected chi connectivity index (χ3v) is 21.0. The maximum atomic E-state index is 11.9. The van der Waals surface area contributed by atoms with Crippen LogP contribution in [0.1, 0.15) is 368 Å². The van der Waals surface area contributed by atoms with Crippen molar-refractivity contribution in [3.8, 4) is 0 Å². The molecule has 12 amide bonds. The number of unbranched alkanes of at least 4 members (excludes halogenated alkanes) is 26. The first-order valence-corrected chi connectivity index (χ1v) is 50.7. The van der Waals surface area contributed by atoms with Gasteiger partial charge in [0, 0.05) is 168 Å². The third kappa shape index (κ3) is 112. The van der Waals surface area contributed by atoms with Crippen LogP contribution in [0.5, 0.6) is 0 Å². The van der Waals surface area contributed by atoms with Crippen LogP contribution in [-0.2, 0) is 91.1 Å². The van der Waals surface area contributed by atoms with Crippen molar-refractivity contribution in [2.24, 2.45) is 0 Å². The van der Waals surface area contributed by atoms with Crippen LogP contribution in [-0.4, -0.2) is 244 Å². The molecule has 0 fully saturated rings. The number of hydrogen-bond donors (Lipinski definition) is 16. The molecule has 0 aromatic rings. The Hall–Kier alpha value is -9.35. The van der Waals surface area contributed by atoms with Crippen LogP contribution in [0.3, 0.4) is 0 Å². The van der Waals surface area contributed by atoms with Crippen molar-refractivity contribution in [1.82, 2.24) is 85.1 Å². The van der Waals surface area contributed by atoms with Crippen molar-refractivity contribution >= 4 is 111 Å². The summed E-state index contributed by atoms with van der Waals surface area (Å²) in [6.07, 6.45) is 44.5. The van der Waals surface area contributed by atoms with Crippen LogP contribution < -0.4 is 85.1 Å². The van der Waals surface area contributed by atoms with Crippen molar-refractivity contribution in [3.63, 3.8) is 0 Å². The van der Waals surface area contributed by atoms with Crippen molar-refractivity contribution in [2.75, 3.05) is 133 Å². The first-order valence-electron chi connectivity index (χ1n) is 50.7. The molecule has 0 heterocycles. The van der Waals surface area contributed by atoms with Gasteiger partial charge in [0.15, 0.2) is 5.78 Å². The van der Waals surface area contributed by atoms with Gasteiger partial charge in [-0.1, -0.05) is 115 Å². The van der Waals surface area contributed by atoms with E-state index in [0.717, 1.165) is 257 Å². The lowest BCUT2D eigenvalue weighted by molar-refractivity contribution is -0.138. The van der Waals surface area contributed by atoms with Crippen LogP contribution in [0.4, 0.5) is 0 Å². The van der Waals surface area contributed by atoms with Gasteiger partial charge in [-0.2, -0.15) is 0 Å². The van der Waals surface area contributed by atoms with Crippen molar-refractivity contribution < 1.29 is 91.1 Å². The first kappa shape index (κ1) is 132. The van der Waals surface area contributed by atoms with E-state index in [9.17, 15) is 91.1 Å². The molecule has 0 aromatic heterocycles. The van der Waals surface area contributed by atoms with E-state index in [1.54, 1.807) is 26.0 Å². The number of rotatable bonds is 90. The number of amides is 12. The number of carbonyl (C=O) groups is 19. The van der Waals surface area contributed by atoms with Gasteiger partial charge in [-0.05, 0) is 223 Å². The van der Waals surface area contributed by atoms with E-state index < -0.39 is 11.7 Å². The normalized spacial score (nSPS) is 10.7. The van der Waals surface area contributed by atoms with E-state index in [1.807, 2.05) is 28.2 Å². The molecule has 35 heteroatoms. The second-order valence-corrected chi connectivity index (χ2v) is 34.4. The number of hydrogen-bond acceptors (Lipinski definition) is 23.